The molecule has 174 valence electrons. The first kappa shape index (κ1) is 22.0. The zero-order valence-corrected chi connectivity index (χ0v) is 19.1. The second-order valence-electron chi connectivity index (χ2n) is 8.28. The van der Waals surface area contributed by atoms with Crippen molar-refractivity contribution in [1.29, 1.82) is 0 Å². The highest BCUT2D eigenvalue weighted by Gasteiger charge is 2.15. The molecule has 0 aliphatic carbocycles. The van der Waals surface area contributed by atoms with Crippen LogP contribution in [0.1, 0.15) is 19.3 Å². The predicted octanol–water partition coefficient (Wildman–Crippen LogP) is 4.71. The average Bonchev–Trinajstić information content (AvgIpc) is 3.39. The predicted molar refractivity (Wildman–Crippen MR) is 132 cm³/mol. The first-order valence-electron chi connectivity index (χ1n) is 11.5. The summed E-state index contributed by atoms with van der Waals surface area (Å²) < 4.78 is 18.9. The van der Waals surface area contributed by atoms with Gasteiger partial charge < -0.3 is 19.5 Å². The molecule has 7 heteroatoms. The number of aromatic nitrogens is 2. The Balaban J connectivity index is 1.36. The van der Waals surface area contributed by atoms with Crippen LogP contribution < -0.4 is 25.1 Å². The van der Waals surface area contributed by atoms with Gasteiger partial charge in [0.05, 0.1) is 30.3 Å². The molecular formula is C27H27N3O4. The quantitative estimate of drug-likeness (QED) is 0.413. The molecule has 1 saturated heterocycles. The molecular weight excluding hydrogens is 430 g/mol. The molecule has 0 saturated carbocycles. The summed E-state index contributed by atoms with van der Waals surface area (Å²) >= 11 is 0. The molecule has 0 amide bonds. The van der Waals surface area contributed by atoms with E-state index in [0.29, 0.717) is 46.5 Å². The van der Waals surface area contributed by atoms with Crippen molar-refractivity contribution >= 4 is 10.9 Å². The number of nitrogens with zero attached hydrogens (tertiary/aromatic N) is 2. The van der Waals surface area contributed by atoms with Crippen molar-refractivity contribution < 1.29 is 14.2 Å². The van der Waals surface area contributed by atoms with E-state index in [9.17, 15) is 4.79 Å². The zero-order chi connectivity index (χ0) is 23.3. The Morgan fingerprint density at radius 2 is 1.91 bits per heavy atom. The monoisotopic (exact) mass is 457 g/mol. The van der Waals surface area contributed by atoms with Gasteiger partial charge in [-0.25, -0.2) is 4.98 Å². The Bertz CT molecular complexity index is 1330. The largest absolute Gasteiger partial charge is 0.493 e. The summed E-state index contributed by atoms with van der Waals surface area (Å²) in [6.45, 7) is 1.69. The van der Waals surface area contributed by atoms with Crippen molar-refractivity contribution in [2.24, 2.45) is 0 Å². The standard InChI is InChI=1S/C27H27N3O4/c1-32-26-16-20(9-12-25(26)33-15-13-19-6-5-14-28-19)30-18-29-24-17-22(10-11-23(24)27(30)31)34-21-7-3-2-4-8-21/h2-4,7-12,16-19,28H,5-6,13-15H2,1H3. The third kappa shape index (κ3) is 4.75. The molecule has 0 radical (unpaired) electrons. The SMILES string of the molecule is COc1cc(-n2cnc3cc(Oc4ccccc4)ccc3c2=O)ccc1OCCC1CCCN1. The summed E-state index contributed by atoms with van der Waals surface area (Å²) in [4.78, 5) is 17.7. The van der Waals surface area contributed by atoms with Gasteiger partial charge in [0.25, 0.3) is 5.56 Å². The van der Waals surface area contributed by atoms with Gasteiger partial charge in [0.1, 0.15) is 17.8 Å². The van der Waals surface area contributed by atoms with Crippen LogP contribution in [0.2, 0.25) is 0 Å². The van der Waals surface area contributed by atoms with Crippen molar-refractivity contribution in [2.45, 2.75) is 25.3 Å². The maximum atomic E-state index is 13.2. The molecule has 7 nitrogen and oxygen atoms in total. The average molecular weight is 458 g/mol. The minimum atomic E-state index is -0.167. The van der Waals surface area contributed by atoms with E-state index < -0.39 is 0 Å². The number of hydrogen-bond donors (Lipinski definition) is 1. The summed E-state index contributed by atoms with van der Waals surface area (Å²) in [7, 11) is 1.60. The van der Waals surface area contributed by atoms with Crippen molar-refractivity contribution in [3.05, 3.63) is 83.4 Å². The number of ether oxygens (including phenoxy) is 3. The molecule has 3 aromatic carbocycles. The van der Waals surface area contributed by atoms with Crippen molar-refractivity contribution in [3.8, 4) is 28.7 Å². The minimum Gasteiger partial charge on any atom is -0.493 e. The number of para-hydroxylation sites is 1. The van der Waals surface area contributed by atoms with Crippen molar-refractivity contribution in [3.63, 3.8) is 0 Å². The van der Waals surface area contributed by atoms with Crippen LogP contribution in [0.3, 0.4) is 0 Å². The third-order valence-corrected chi connectivity index (χ3v) is 6.02. The maximum Gasteiger partial charge on any atom is 0.265 e. The Morgan fingerprint density at radius 3 is 2.71 bits per heavy atom. The topological polar surface area (TPSA) is 74.6 Å². The molecule has 0 spiro atoms. The second kappa shape index (κ2) is 9.97. The van der Waals surface area contributed by atoms with Gasteiger partial charge >= 0.3 is 0 Å². The number of benzene rings is 3. The fraction of sp³-hybridized carbons (Fsp3) is 0.259. The Labute approximate surface area is 197 Å². The van der Waals surface area contributed by atoms with E-state index in [0.717, 1.165) is 18.7 Å². The van der Waals surface area contributed by atoms with Crippen LogP contribution in [0.25, 0.3) is 16.6 Å². The van der Waals surface area contributed by atoms with Crippen LogP contribution in [0.15, 0.2) is 77.9 Å². The number of nitrogens with one attached hydrogen (secondary N) is 1. The van der Waals surface area contributed by atoms with E-state index in [4.69, 9.17) is 14.2 Å². The molecule has 1 aliphatic rings. The summed E-state index contributed by atoms with van der Waals surface area (Å²) in [6.07, 6.45) is 4.89. The zero-order valence-electron chi connectivity index (χ0n) is 19.1. The van der Waals surface area contributed by atoms with Crippen LogP contribution in [0.4, 0.5) is 0 Å². The number of fused-ring (bicyclic) bond motifs is 1. The Kier molecular flexibility index (Phi) is 6.44. The van der Waals surface area contributed by atoms with Gasteiger partial charge in [-0.1, -0.05) is 18.2 Å². The van der Waals surface area contributed by atoms with Crippen LogP contribution in [0, 0.1) is 0 Å². The number of hydrogen-bond acceptors (Lipinski definition) is 6. The highest BCUT2D eigenvalue weighted by atomic mass is 16.5. The first-order chi connectivity index (χ1) is 16.7. The van der Waals surface area contributed by atoms with Crippen LogP contribution in [-0.4, -0.2) is 35.9 Å². The van der Waals surface area contributed by atoms with Gasteiger partial charge in [0, 0.05) is 18.2 Å². The molecule has 2 heterocycles. The normalized spacial score (nSPS) is 15.4. The lowest BCUT2D eigenvalue weighted by Crippen LogP contribution is -2.23. The van der Waals surface area contributed by atoms with Gasteiger partial charge in [-0.05, 0) is 62.2 Å². The van der Waals surface area contributed by atoms with Crippen LogP contribution in [0.5, 0.6) is 23.0 Å². The first-order valence-corrected chi connectivity index (χ1v) is 11.5. The van der Waals surface area contributed by atoms with Gasteiger partial charge in [-0.3, -0.25) is 9.36 Å². The molecule has 34 heavy (non-hydrogen) atoms. The van der Waals surface area contributed by atoms with E-state index in [-0.39, 0.29) is 5.56 Å². The number of rotatable bonds is 8. The van der Waals surface area contributed by atoms with E-state index in [1.807, 2.05) is 42.5 Å². The summed E-state index contributed by atoms with van der Waals surface area (Å²) in [6, 6.07) is 20.8. The molecule has 4 aromatic rings. The highest BCUT2D eigenvalue weighted by Crippen LogP contribution is 2.30. The highest BCUT2D eigenvalue weighted by molar-refractivity contribution is 5.79. The van der Waals surface area contributed by atoms with E-state index in [1.165, 1.54) is 23.7 Å². The third-order valence-electron chi connectivity index (χ3n) is 6.02. The van der Waals surface area contributed by atoms with Crippen molar-refractivity contribution in [2.75, 3.05) is 20.3 Å². The lowest BCUT2D eigenvalue weighted by atomic mass is 10.2. The number of methoxy groups -OCH3 is 1. The van der Waals surface area contributed by atoms with E-state index in [2.05, 4.69) is 10.3 Å². The van der Waals surface area contributed by atoms with Gasteiger partial charge in [0.15, 0.2) is 11.5 Å². The molecule has 1 atom stereocenters. The fourth-order valence-electron chi connectivity index (χ4n) is 4.21. The lowest BCUT2D eigenvalue weighted by Gasteiger charge is -2.15. The van der Waals surface area contributed by atoms with Gasteiger partial charge in [-0.2, -0.15) is 0 Å². The van der Waals surface area contributed by atoms with E-state index >= 15 is 0 Å². The molecule has 1 N–H and O–H groups in total. The molecule has 1 fully saturated rings. The molecule has 1 aromatic heterocycles. The Morgan fingerprint density at radius 1 is 1.03 bits per heavy atom. The van der Waals surface area contributed by atoms with Crippen LogP contribution in [-0.2, 0) is 0 Å². The van der Waals surface area contributed by atoms with Crippen LogP contribution >= 0.6 is 0 Å². The minimum absolute atomic E-state index is 0.167. The molecule has 1 unspecified atom stereocenters. The summed E-state index contributed by atoms with van der Waals surface area (Å²) in [5, 5.41) is 3.98. The molecule has 5 rings (SSSR count). The Hall–Kier alpha value is -3.84. The van der Waals surface area contributed by atoms with E-state index in [1.54, 1.807) is 31.4 Å². The maximum absolute atomic E-state index is 13.2. The second-order valence-corrected chi connectivity index (χ2v) is 8.28. The van der Waals surface area contributed by atoms with Gasteiger partial charge in [-0.15, -0.1) is 0 Å². The molecule has 1 aliphatic heterocycles. The smallest absolute Gasteiger partial charge is 0.265 e. The van der Waals surface area contributed by atoms with Gasteiger partial charge in [0.2, 0.25) is 0 Å². The fourth-order valence-corrected chi connectivity index (χ4v) is 4.21. The summed E-state index contributed by atoms with van der Waals surface area (Å²) in [5.41, 5.74) is 1.06. The molecule has 0 bridgehead atoms. The van der Waals surface area contributed by atoms with Crippen molar-refractivity contribution in [1.82, 2.24) is 14.9 Å². The summed E-state index contributed by atoms with van der Waals surface area (Å²) in [5.74, 6) is 2.59. The lowest BCUT2D eigenvalue weighted by molar-refractivity contribution is 0.275.